The Labute approximate surface area is 233 Å². The van der Waals surface area contributed by atoms with Gasteiger partial charge in [-0.3, -0.25) is 9.59 Å². The number of hydrogen-bond acceptors (Lipinski definition) is 7. The Bertz CT molecular complexity index is 1040. The van der Waals surface area contributed by atoms with Crippen LogP contribution in [0.2, 0.25) is 0 Å². The lowest BCUT2D eigenvalue weighted by Gasteiger charge is -2.33. The van der Waals surface area contributed by atoms with E-state index in [0.717, 1.165) is 31.2 Å². The molecule has 40 heavy (non-hydrogen) atoms. The minimum Gasteiger partial charge on any atom is -0.480 e. The van der Waals surface area contributed by atoms with E-state index in [1.165, 1.54) is 4.90 Å². The number of aliphatic carboxylic acids is 2. The maximum atomic E-state index is 13.0. The molecule has 2 fully saturated rings. The summed E-state index contributed by atoms with van der Waals surface area (Å²) in [6.45, 7) is 0.491. The fourth-order valence-corrected chi connectivity index (χ4v) is 5.56. The summed E-state index contributed by atoms with van der Waals surface area (Å²) < 4.78 is 5.13. The van der Waals surface area contributed by atoms with Crippen LogP contribution in [0.5, 0.6) is 0 Å². The number of amides is 3. The molecule has 1 aliphatic carbocycles. The number of nitrogens with zero attached hydrogens (tertiary/aromatic N) is 1. The van der Waals surface area contributed by atoms with Gasteiger partial charge in [0.2, 0.25) is 11.8 Å². The van der Waals surface area contributed by atoms with Crippen molar-refractivity contribution in [1.82, 2.24) is 15.5 Å². The summed E-state index contributed by atoms with van der Waals surface area (Å²) in [5.74, 6) is -3.23. The van der Waals surface area contributed by atoms with Gasteiger partial charge in [0, 0.05) is 19.0 Å². The lowest BCUT2D eigenvalue weighted by molar-refractivity contribution is -0.150. The average molecular weight is 561 g/mol. The summed E-state index contributed by atoms with van der Waals surface area (Å²) in [4.78, 5) is 62.3. The maximum Gasteiger partial charge on any atom is 0.407 e. The largest absolute Gasteiger partial charge is 0.480 e. The first kappa shape index (κ1) is 30.9. The predicted molar refractivity (Wildman–Crippen MR) is 144 cm³/mol. The second-order valence-electron chi connectivity index (χ2n) is 10.5. The van der Waals surface area contributed by atoms with Gasteiger partial charge in [-0.25, -0.2) is 14.4 Å². The average Bonchev–Trinajstić information content (AvgIpc) is 3.34. The molecule has 1 heterocycles. The van der Waals surface area contributed by atoms with Crippen molar-refractivity contribution in [3.63, 3.8) is 0 Å². The lowest BCUT2D eigenvalue weighted by Crippen LogP contribution is -2.50. The van der Waals surface area contributed by atoms with Crippen molar-refractivity contribution in [3.8, 4) is 0 Å². The third kappa shape index (κ3) is 8.94. The number of nitrogens with two attached hydrogens (primary N) is 1. The number of carbonyl (C=O) groups is 5. The van der Waals surface area contributed by atoms with Crippen LogP contribution < -0.4 is 16.4 Å². The number of likely N-dealkylation sites (tertiary alicyclic amines) is 1. The SMILES string of the molecule is N[C@@H](CCCCNC(=O)OCc1ccccc1)C(=O)N[C@H](CCC(=O)N1C(C(=O)O)CC2CCCCC21)C(=O)O. The number of hydrogen-bond donors (Lipinski definition) is 5. The molecule has 0 radical (unpaired) electrons. The van der Waals surface area contributed by atoms with Crippen LogP contribution in [-0.2, 0) is 30.5 Å². The van der Waals surface area contributed by atoms with Gasteiger partial charge in [-0.15, -0.1) is 0 Å². The molecular weight excluding hydrogens is 520 g/mol. The van der Waals surface area contributed by atoms with Crippen LogP contribution in [0.25, 0.3) is 0 Å². The van der Waals surface area contributed by atoms with Crippen molar-refractivity contribution in [1.29, 1.82) is 0 Å². The molecule has 0 bridgehead atoms. The number of ether oxygens (including phenoxy) is 1. The number of unbranched alkanes of at least 4 members (excludes halogenated alkanes) is 1. The molecule has 12 heteroatoms. The van der Waals surface area contributed by atoms with Crippen molar-refractivity contribution in [2.75, 3.05) is 6.54 Å². The summed E-state index contributed by atoms with van der Waals surface area (Å²) >= 11 is 0. The number of carbonyl (C=O) groups excluding carboxylic acids is 3. The van der Waals surface area contributed by atoms with E-state index in [1.54, 1.807) is 0 Å². The van der Waals surface area contributed by atoms with Crippen molar-refractivity contribution in [2.24, 2.45) is 11.7 Å². The van der Waals surface area contributed by atoms with Gasteiger partial charge in [0.05, 0.1) is 6.04 Å². The summed E-state index contributed by atoms with van der Waals surface area (Å²) in [6.07, 6.45) is 4.42. The van der Waals surface area contributed by atoms with Gasteiger partial charge >= 0.3 is 18.0 Å². The van der Waals surface area contributed by atoms with Crippen LogP contribution in [-0.4, -0.2) is 75.7 Å². The molecule has 12 nitrogen and oxygen atoms in total. The molecule has 220 valence electrons. The summed E-state index contributed by atoms with van der Waals surface area (Å²) in [6, 6.07) is 5.96. The zero-order chi connectivity index (χ0) is 29.1. The Morgan fingerprint density at radius 3 is 2.45 bits per heavy atom. The minimum absolute atomic E-state index is 0.131. The third-order valence-electron chi connectivity index (χ3n) is 7.68. The maximum absolute atomic E-state index is 13.0. The highest BCUT2D eigenvalue weighted by atomic mass is 16.5. The number of carboxylic acid groups (broad SMARTS) is 2. The van der Waals surface area contributed by atoms with E-state index in [-0.39, 0.29) is 37.8 Å². The Morgan fingerprint density at radius 2 is 1.75 bits per heavy atom. The molecule has 0 spiro atoms. The van der Waals surface area contributed by atoms with Gasteiger partial charge in [-0.1, -0.05) is 43.2 Å². The molecule has 2 aliphatic rings. The zero-order valence-corrected chi connectivity index (χ0v) is 22.6. The molecule has 1 aromatic rings. The number of benzene rings is 1. The van der Waals surface area contributed by atoms with Gasteiger partial charge in [-0.2, -0.15) is 0 Å². The zero-order valence-electron chi connectivity index (χ0n) is 22.6. The Morgan fingerprint density at radius 1 is 1.02 bits per heavy atom. The van der Waals surface area contributed by atoms with Crippen LogP contribution >= 0.6 is 0 Å². The van der Waals surface area contributed by atoms with Crippen LogP contribution in [0, 0.1) is 5.92 Å². The first-order valence-electron chi connectivity index (χ1n) is 13.9. The molecule has 6 N–H and O–H groups in total. The van der Waals surface area contributed by atoms with Gasteiger partial charge in [0.15, 0.2) is 0 Å². The molecule has 3 rings (SSSR count). The van der Waals surface area contributed by atoms with E-state index in [2.05, 4.69) is 10.6 Å². The standard InChI is InChI=1S/C28H40N4O8/c29-20(11-6-7-15-30-28(39)40-17-18-8-2-1-3-9-18)25(34)31-21(26(35)36)13-14-24(33)32-22-12-5-4-10-19(22)16-23(32)27(37)38/h1-3,8-9,19-23H,4-7,10-17,29H2,(H,30,39)(H,31,34)(H,35,36)(H,37,38)/t19?,20-,21+,22?,23?/m0/s1. The fraction of sp³-hybridized carbons (Fsp3) is 0.607. The van der Waals surface area contributed by atoms with Crippen LogP contribution in [0.1, 0.15) is 69.8 Å². The van der Waals surface area contributed by atoms with E-state index < -0.39 is 48.0 Å². The van der Waals surface area contributed by atoms with E-state index in [1.807, 2.05) is 30.3 Å². The van der Waals surface area contributed by atoms with E-state index in [9.17, 15) is 34.2 Å². The number of nitrogens with one attached hydrogen (secondary N) is 2. The smallest absolute Gasteiger partial charge is 0.407 e. The second kappa shape index (κ2) is 15.2. The highest BCUT2D eigenvalue weighted by Gasteiger charge is 2.47. The first-order chi connectivity index (χ1) is 19.2. The number of alkyl carbamates (subject to hydrolysis) is 1. The monoisotopic (exact) mass is 560 g/mol. The number of rotatable bonds is 14. The van der Waals surface area contributed by atoms with Gasteiger partial charge in [-0.05, 0) is 56.4 Å². The topological polar surface area (TPSA) is 188 Å². The first-order valence-corrected chi connectivity index (χ1v) is 13.9. The summed E-state index contributed by atoms with van der Waals surface area (Å²) in [5.41, 5.74) is 6.81. The number of fused-ring (bicyclic) bond motifs is 1. The van der Waals surface area contributed by atoms with Crippen molar-refractivity contribution in [2.45, 2.75) is 95.0 Å². The molecule has 1 aliphatic heterocycles. The summed E-state index contributed by atoms with van der Waals surface area (Å²) in [7, 11) is 0. The quantitative estimate of drug-likeness (QED) is 0.212. The Kier molecular flexibility index (Phi) is 11.7. The predicted octanol–water partition coefficient (Wildman–Crippen LogP) is 2.00. The second-order valence-corrected chi connectivity index (χ2v) is 10.5. The molecule has 3 unspecified atom stereocenters. The minimum atomic E-state index is -1.32. The van der Waals surface area contributed by atoms with Gasteiger partial charge in [0.25, 0.3) is 0 Å². The molecule has 1 aromatic carbocycles. The lowest BCUT2D eigenvalue weighted by atomic mass is 9.84. The number of carboxylic acids is 2. The third-order valence-corrected chi connectivity index (χ3v) is 7.68. The van der Waals surface area contributed by atoms with Gasteiger partial charge in [0.1, 0.15) is 18.7 Å². The molecule has 0 aromatic heterocycles. The normalized spacial score (nSPS) is 21.5. The van der Waals surface area contributed by atoms with Crippen LogP contribution in [0.3, 0.4) is 0 Å². The van der Waals surface area contributed by atoms with Gasteiger partial charge < -0.3 is 36.2 Å². The molecule has 5 atom stereocenters. The molecule has 1 saturated heterocycles. The Balaban J connectivity index is 1.37. The summed E-state index contributed by atoms with van der Waals surface area (Å²) in [5, 5.41) is 24.3. The van der Waals surface area contributed by atoms with E-state index in [4.69, 9.17) is 10.5 Å². The van der Waals surface area contributed by atoms with Crippen LogP contribution in [0.4, 0.5) is 4.79 Å². The Hall–Kier alpha value is -3.67. The van der Waals surface area contributed by atoms with Crippen molar-refractivity contribution < 1.29 is 38.9 Å². The van der Waals surface area contributed by atoms with Crippen LogP contribution in [0.15, 0.2) is 30.3 Å². The molecular formula is C28H40N4O8. The van der Waals surface area contributed by atoms with E-state index in [0.29, 0.717) is 25.8 Å². The highest BCUT2D eigenvalue weighted by Crippen LogP contribution is 2.40. The molecule has 1 saturated carbocycles. The molecule has 3 amide bonds. The highest BCUT2D eigenvalue weighted by molar-refractivity contribution is 5.88. The van der Waals surface area contributed by atoms with Crippen molar-refractivity contribution >= 4 is 29.8 Å². The van der Waals surface area contributed by atoms with E-state index >= 15 is 0 Å². The fourth-order valence-electron chi connectivity index (χ4n) is 5.56. The van der Waals surface area contributed by atoms with Crippen molar-refractivity contribution in [3.05, 3.63) is 35.9 Å².